The molecule has 0 aromatic heterocycles. The Morgan fingerprint density at radius 2 is 1.71 bits per heavy atom. The SMILES string of the molecule is CO[Si](CCCC(CONC(C)(C)C)C(=O)O)(OC)OC. The van der Waals surface area contributed by atoms with Gasteiger partial charge in [-0.2, -0.15) is 5.48 Å². The van der Waals surface area contributed by atoms with Crippen molar-refractivity contribution < 1.29 is 28.0 Å². The summed E-state index contributed by atoms with van der Waals surface area (Å²) in [5.41, 5.74) is 2.60. The predicted molar refractivity (Wildman–Crippen MR) is 80.8 cm³/mol. The van der Waals surface area contributed by atoms with Crippen molar-refractivity contribution in [3.8, 4) is 0 Å². The lowest BCUT2D eigenvalue weighted by Crippen LogP contribution is -2.42. The summed E-state index contributed by atoms with van der Waals surface area (Å²) in [5, 5.41) is 9.21. The van der Waals surface area contributed by atoms with E-state index in [0.717, 1.165) is 0 Å². The minimum absolute atomic E-state index is 0.119. The highest BCUT2D eigenvalue weighted by Gasteiger charge is 2.37. The number of nitrogens with one attached hydrogen (secondary N) is 1. The molecule has 0 rings (SSSR count). The molecule has 1 unspecified atom stereocenters. The fourth-order valence-electron chi connectivity index (χ4n) is 1.76. The first-order valence-electron chi connectivity index (χ1n) is 6.97. The highest BCUT2D eigenvalue weighted by Crippen LogP contribution is 2.19. The van der Waals surface area contributed by atoms with E-state index in [-0.39, 0.29) is 12.1 Å². The third-order valence-electron chi connectivity index (χ3n) is 2.98. The van der Waals surface area contributed by atoms with Crippen molar-refractivity contribution in [2.24, 2.45) is 5.92 Å². The van der Waals surface area contributed by atoms with Gasteiger partial charge in [0.1, 0.15) is 0 Å². The van der Waals surface area contributed by atoms with Gasteiger partial charge in [-0.1, -0.05) is 0 Å². The summed E-state index contributed by atoms with van der Waals surface area (Å²) in [5.74, 6) is -1.44. The van der Waals surface area contributed by atoms with E-state index in [1.807, 2.05) is 20.8 Å². The van der Waals surface area contributed by atoms with E-state index < -0.39 is 20.7 Å². The predicted octanol–water partition coefficient (Wildman–Crippen LogP) is 1.67. The Hall–Kier alpha value is -0.513. The second kappa shape index (κ2) is 9.49. The normalized spacial score (nSPS) is 14.2. The maximum atomic E-state index is 11.2. The van der Waals surface area contributed by atoms with Crippen LogP contribution < -0.4 is 5.48 Å². The molecular formula is C13H29NO6Si. The third-order valence-corrected chi connectivity index (χ3v) is 5.81. The van der Waals surface area contributed by atoms with Crippen LogP contribution in [-0.2, 0) is 22.9 Å². The molecule has 0 aliphatic carbocycles. The van der Waals surface area contributed by atoms with Gasteiger partial charge < -0.3 is 23.2 Å². The van der Waals surface area contributed by atoms with Crippen LogP contribution in [0.4, 0.5) is 0 Å². The maximum Gasteiger partial charge on any atom is 0.500 e. The first-order chi connectivity index (χ1) is 9.69. The first kappa shape index (κ1) is 20.5. The summed E-state index contributed by atoms with van der Waals surface area (Å²) >= 11 is 0. The molecule has 0 aromatic rings. The summed E-state index contributed by atoms with van der Waals surface area (Å²) in [6.45, 7) is 5.95. The molecule has 0 amide bonds. The van der Waals surface area contributed by atoms with Crippen molar-refractivity contribution in [1.29, 1.82) is 0 Å². The Morgan fingerprint density at radius 3 is 2.10 bits per heavy atom. The van der Waals surface area contributed by atoms with Gasteiger partial charge in [0.25, 0.3) is 0 Å². The smallest absolute Gasteiger partial charge is 0.481 e. The van der Waals surface area contributed by atoms with Gasteiger partial charge >= 0.3 is 14.8 Å². The van der Waals surface area contributed by atoms with E-state index >= 15 is 0 Å². The first-order valence-corrected chi connectivity index (χ1v) is 8.90. The zero-order valence-corrected chi connectivity index (χ0v) is 14.9. The Kier molecular flexibility index (Phi) is 9.26. The summed E-state index contributed by atoms with van der Waals surface area (Å²) in [4.78, 5) is 16.5. The van der Waals surface area contributed by atoms with Crippen LogP contribution in [0.1, 0.15) is 33.6 Å². The molecule has 0 saturated heterocycles. The Balaban J connectivity index is 4.25. The lowest BCUT2D eigenvalue weighted by molar-refractivity contribution is -0.146. The van der Waals surface area contributed by atoms with Crippen LogP contribution in [-0.4, -0.2) is 53.4 Å². The third kappa shape index (κ3) is 8.49. The maximum absolute atomic E-state index is 11.2. The van der Waals surface area contributed by atoms with Crippen molar-refractivity contribution in [3.63, 3.8) is 0 Å². The van der Waals surface area contributed by atoms with Gasteiger partial charge in [-0.05, 0) is 33.6 Å². The monoisotopic (exact) mass is 323 g/mol. The largest absolute Gasteiger partial charge is 0.500 e. The van der Waals surface area contributed by atoms with E-state index in [4.69, 9.17) is 18.1 Å². The highest BCUT2D eigenvalue weighted by molar-refractivity contribution is 6.60. The Labute approximate surface area is 128 Å². The number of carboxylic acids is 1. The summed E-state index contributed by atoms with van der Waals surface area (Å²) in [7, 11) is 2.01. The molecule has 0 bridgehead atoms. The molecule has 8 heteroatoms. The molecule has 1 atom stereocenters. The molecule has 0 aromatic carbocycles. The molecule has 0 radical (unpaired) electrons. The van der Waals surface area contributed by atoms with Gasteiger partial charge in [-0.3, -0.25) is 4.79 Å². The zero-order chi connectivity index (χ0) is 16.5. The molecule has 21 heavy (non-hydrogen) atoms. The van der Waals surface area contributed by atoms with Gasteiger partial charge in [0, 0.05) is 32.9 Å². The second-order valence-corrected chi connectivity index (χ2v) is 8.98. The van der Waals surface area contributed by atoms with E-state index in [0.29, 0.717) is 18.9 Å². The molecule has 2 N–H and O–H groups in total. The van der Waals surface area contributed by atoms with Crippen LogP contribution in [0.5, 0.6) is 0 Å². The minimum atomic E-state index is -2.63. The molecule has 0 spiro atoms. The number of hydrogen-bond donors (Lipinski definition) is 2. The highest BCUT2D eigenvalue weighted by atomic mass is 28.4. The standard InChI is InChI=1S/C13H29NO6Si/c1-13(2,3)14-20-10-11(12(15)16)8-7-9-21(17-4,18-5)19-6/h11,14H,7-10H2,1-6H3,(H,15,16). The van der Waals surface area contributed by atoms with Crippen molar-refractivity contribution in [1.82, 2.24) is 5.48 Å². The Bertz CT molecular complexity index is 295. The van der Waals surface area contributed by atoms with Crippen LogP contribution in [0.25, 0.3) is 0 Å². The molecular weight excluding hydrogens is 294 g/mol. The van der Waals surface area contributed by atoms with Crippen LogP contribution in [0.2, 0.25) is 6.04 Å². The molecule has 0 heterocycles. The number of hydrogen-bond acceptors (Lipinski definition) is 6. The Morgan fingerprint density at radius 1 is 1.19 bits per heavy atom. The zero-order valence-electron chi connectivity index (χ0n) is 13.9. The summed E-state index contributed by atoms with van der Waals surface area (Å²) < 4.78 is 15.9. The average Bonchev–Trinajstić information content (AvgIpc) is 2.41. The summed E-state index contributed by atoms with van der Waals surface area (Å²) in [6, 6.07) is 0.576. The van der Waals surface area contributed by atoms with Crippen LogP contribution in [0.3, 0.4) is 0 Å². The lowest BCUT2D eigenvalue weighted by atomic mass is 10.1. The number of aliphatic carboxylic acids is 1. The van der Waals surface area contributed by atoms with Gasteiger partial charge in [-0.25, -0.2) is 0 Å². The number of carboxylic acid groups (broad SMARTS) is 1. The average molecular weight is 323 g/mol. The van der Waals surface area contributed by atoms with Gasteiger partial charge in [0.05, 0.1) is 12.5 Å². The van der Waals surface area contributed by atoms with Crippen molar-refractivity contribution in [2.45, 2.75) is 45.2 Å². The lowest BCUT2D eigenvalue weighted by Gasteiger charge is -2.25. The number of rotatable bonds is 11. The molecule has 126 valence electrons. The van der Waals surface area contributed by atoms with Crippen LogP contribution in [0, 0.1) is 5.92 Å². The van der Waals surface area contributed by atoms with E-state index in [1.165, 1.54) is 0 Å². The minimum Gasteiger partial charge on any atom is -0.481 e. The fraction of sp³-hybridized carbons (Fsp3) is 0.923. The van der Waals surface area contributed by atoms with Gasteiger partial charge in [0.15, 0.2) is 0 Å². The van der Waals surface area contributed by atoms with Crippen LogP contribution >= 0.6 is 0 Å². The molecule has 0 saturated carbocycles. The van der Waals surface area contributed by atoms with Gasteiger partial charge in [0.2, 0.25) is 0 Å². The quantitative estimate of drug-likeness (QED) is 0.442. The van der Waals surface area contributed by atoms with Gasteiger partial charge in [-0.15, -0.1) is 0 Å². The topological polar surface area (TPSA) is 86.3 Å². The van der Waals surface area contributed by atoms with Crippen molar-refractivity contribution in [3.05, 3.63) is 0 Å². The molecule has 7 nitrogen and oxygen atoms in total. The number of carbonyl (C=O) groups is 1. The van der Waals surface area contributed by atoms with E-state index in [2.05, 4.69) is 5.48 Å². The molecule has 0 aliphatic rings. The second-order valence-electron chi connectivity index (χ2n) is 5.89. The van der Waals surface area contributed by atoms with E-state index in [1.54, 1.807) is 21.3 Å². The molecule has 0 aliphatic heterocycles. The van der Waals surface area contributed by atoms with E-state index in [9.17, 15) is 9.90 Å². The van der Waals surface area contributed by atoms with Crippen LogP contribution in [0.15, 0.2) is 0 Å². The molecule has 0 fully saturated rings. The van der Waals surface area contributed by atoms with Crippen molar-refractivity contribution >= 4 is 14.8 Å². The fourth-order valence-corrected chi connectivity index (χ4v) is 3.51. The summed E-state index contributed by atoms with van der Waals surface area (Å²) in [6.07, 6.45) is 1.11. The van der Waals surface area contributed by atoms with Crippen molar-refractivity contribution in [2.75, 3.05) is 27.9 Å². The number of hydroxylamine groups is 1.